The molecular weight excluding hydrogens is 281 g/mol. The van der Waals surface area contributed by atoms with Gasteiger partial charge in [0.15, 0.2) is 10.5 Å². The highest BCUT2D eigenvalue weighted by molar-refractivity contribution is 7.07. The summed E-state index contributed by atoms with van der Waals surface area (Å²) in [4.78, 5) is 20.2. The van der Waals surface area contributed by atoms with Crippen LogP contribution < -0.4 is 4.80 Å². The van der Waals surface area contributed by atoms with Crippen molar-refractivity contribution in [2.24, 2.45) is 12.0 Å². The first-order chi connectivity index (χ1) is 8.08. The minimum atomic E-state index is -0.504. The van der Waals surface area contributed by atoms with Gasteiger partial charge in [0.1, 0.15) is 5.15 Å². The van der Waals surface area contributed by atoms with Gasteiger partial charge in [-0.15, -0.1) is 11.3 Å². The first kappa shape index (κ1) is 12.3. The van der Waals surface area contributed by atoms with E-state index in [9.17, 15) is 4.79 Å². The van der Waals surface area contributed by atoms with Crippen molar-refractivity contribution in [3.63, 3.8) is 0 Å². The molecule has 2 aromatic heterocycles. The molecule has 0 fully saturated rings. The van der Waals surface area contributed by atoms with E-state index in [1.165, 1.54) is 23.5 Å². The first-order valence-electron chi connectivity index (χ1n) is 4.59. The molecule has 7 heteroatoms. The molecular formula is C10H7Cl2N3OS. The Morgan fingerprint density at radius 1 is 1.47 bits per heavy atom. The Balaban J connectivity index is 2.46. The highest BCUT2D eigenvalue weighted by Crippen LogP contribution is 2.17. The number of hydrogen-bond donors (Lipinski definition) is 0. The second-order valence-corrected chi connectivity index (χ2v) is 4.85. The lowest BCUT2D eigenvalue weighted by molar-refractivity contribution is 0.0993. The molecule has 17 heavy (non-hydrogen) atoms. The van der Waals surface area contributed by atoms with E-state index in [-0.39, 0.29) is 15.9 Å². The van der Waals surface area contributed by atoms with Crippen LogP contribution in [0.15, 0.2) is 28.7 Å². The summed E-state index contributed by atoms with van der Waals surface area (Å²) in [6.07, 6.45) is 1.81. The van der Waals surface area contributed by atoms with Crippen molar-refractivity contribution in [2.75, 3.05) is 0 Å². The Kier molecular flexibility index (Phi) is 3.61. The van der Waals surface area contributed by atoms with Gasteiger partial charge in [0.2, 0.25) is 0 Å². The molecule has 0 N–H and O–H groups in total. The van der Waals surface area contributed by atoms with Crippen LogP contribution in [-0.4, -0.2) is 15.5 Å². The lowest BCUT2D eigenvalue weighted by atomic mass is 10.3. The Labute approximate surface area is 111 Å². The SMILES string of the molecule is Cn1ccsc1=NC(=O)c1nc(Cl)ccc1Cl. The Bertz CT molecular complexity index is 632. The van der Waals surface area contributed by atoms with Gasteiger partial charge in [-0.1, -0.05) is 23.2 Å². The van der Waals surface area contributed by atoms with Crippen molar-refractivity contribution in [3.8, 4) is 0 Å². The lowest BCUT2D eigenvalue weighted by Gasteiger charge is -1.98. The highest BCUT2D eigenvalue weighted by Gasteiger charge is 2.12. The number of nitrogens with zero attached hydrogens (tertiary/aromatic N) is 3. The zero-order chi connectivity index (χ0) is 12.4. The summed E-state index contributed by atoms with van der Waals surface area (Å²) >= 11 is 12.9. The van der Waals surface area contributed by atoms with E-state index in [0.29, 0.717) is 4.80 Å². The van der Waals surface area contributed by atoms with Gasteiger partial charge in [-0.2, -0.15) is 4.99 Å². The molecule has 0 radical (unpaired) electrons. The molecule has 2 aromatic rings. The summed E-state index contributed by atoms with van der Waals surface area (Å²) in [6, 6.07) is 3.04. The van der Waals surface area contributed by atoms with E-state index in [0.717, 1.165) is 0 Å². The van der Waals surface area contributed by atoms with Crippen molar-refractivity contribution in [3.05, 3.63) is 44.4 Å². The molecule has 0 aliphatic heterocycles. The third kappa shape index (κ3) is 2.74. The maximum absolute atomic E-state index is 11.9. The number of carbonyl (C=O) groups excluding carboxylic acids is 1. The molecule has 0 aliphatic carbocycles. The molecule has 0 saturated carbocycles. The minimum Gasteiger partial charge on any atom is -0.327 e. The van der Waals surface area contributed by atoms with Crippen molar-refractivity contribution in [1.82, 2.24) is 9.55 Å². The van der Waals surface area contributed by atoms with E-state index < -0.39 is 5.91 Å². The quantitative estimate of drug-likeness (QED) is 0.757. The summed E-state index contributed by atoms with van der Waals surface area (Å²) in [6.45, 7) is 0. The van der Waals surface area contributed by atoms with Crippen molar-refractivity contribution in [2.45, 2.75) is 0 Å². The van der Waals surface area contributed by atoms with Crippen LogP contribution in [0.3, 0.4) is 0 Å². The second-order valence-electron chi connectivity index (χ2n) is 3.18. The molecule has 2 heterocycles. The summed E-state index contributed by atoms with van der Waals surface area (Å²) in [7, 11) is 1.80. The fourth-order valence-electron chi connectivity index (χ4n) is 1.14. The molecule has 0 unspecified atom stereocenters. The van der Waals surface area contributed by atoms with Crippen LogP contribution in [0, 0.1) is 0 Å². The molecule has 1 amide bonds. The van der Waals surface area contributed by atoms with Crippen molar-refractivity contribution >= 4 is 40.4 Å². The van der Waals surface area contributed by atoms with Gasteiger partial charge in [-0.3, -0.25) is 4.79 Å². The lowest BCUT2D eigenvalue weighted by Crippen LogP contribution is -2.13. The van der Waals surface area contributed by atoms with Gasteiger partial charge in [-0.05, 0) is 12.1 Å². The summed E-state index contributed by atoms with van der Waals surface area (Å²) in [5, 5.41) is 2.28. The van der Waals surface area contributed by atoms with Crippen LogP contribution in [0.1, 0.15) is 10.5 Å². The van der Waals surface area contributed by atoms with Crippen LogP contribution in [0.25, 0.3) is 0 Å². The van der Waals surface area contributed by atoms with Crippen LogP contribution in [-0.2, 0) is 7.05 Å². The van der Waals surface area contributed by atoms with Gasteiger partial charge in [0, 0.05) is 18.6 Å². The molecule has 0 aromatic carbocycles. The fraction of sp³-hybridized carbons (Fsp3) is 0.100. The van der Waals surface area contributed by atoms with E-state index in [1.807, 2.05) is 11.6 Å². The highest BCUT2D eigenvalue weighted by atomic mass is 35.5. The average Bonchev–Trinajstić information content (AvgIpc) is 2.68. The van der Waals surface area contributed by atoms with Crippen molar-refractivity contribution in [1.29, 1.82) is 0 Å². The number of thiazole rings is 1. The molecule has 0 saturated heterocycles. The van der Waals surface area contributed by atoms with Gasteiger partial charge < -0.3 is 4.57 Å². The van der Waals surface area contributed by atoms with Crippen LogP contribution >= 0.6 is 34.5 Å². The zero-order valence-electron chi connectivity index (χ0n) is 8.72. The Hall–Kier alpha value is -1.17. The number of aryl methyl sites for hydroxylation is 1. The number of aromatic nitrogens is 2. The van der Waals surface area contributed by atoms with E-state index in [1.54, 1.807) is 11.6 Å². The van der Waals surface area contributed by atoms with Crippen LogP contribution in [0.4, 0.5) is 0 Å². The average molecular weight is 288 g/mol. The van der Waals surface area contributed by atoms with Gasteiger partial charge in [0.25, 0.3) is 5.91 Å². The predicted molar refractivity (Wildman–Crippen MR) is 67.4 cm³/mol. The smallest absolute Gasteiger partial charge is 0.299 e. The standard InChI is InChI=1S/C10H7Cl2N3OS/c1-15-4-5-17-10(15)14-9(16)8-6(11)2-3-7(12)13-8/h2-5H,1H3. The van der Waals surface area contributed by atoms with Gasteiger partial charge in [0.05, 0.1) is 5.02 Å². The van der Waals surface area contributed by atoms with Gasteiger partial charge in [-0.25, -0.2) is 4.98 Å². The number of halogens is 2. The van der Waals surface area contributed by atoms with Gasteiger partial charge >= 0.3 is 0 Å². The summed E-state index contributed by atoms with van der Waals surface area (Å²) in [5.74, 6) is -0.504. The molecule has 0 atom stereocenters. The first-order valence-corrected chi connectivity index (χ1v) is 6.22. The second kappa shape index (κ2) is 5.00. The van der Waals surface area contributed by atoms with Crippen LogP contribution in [0.5, 0.6) is 0 Å². The van der Waals surface area contributed by atoms with E-state index >= 15 is 0 Å². The zero-order valence-corrected chi connectivity index (χ0v) is 11.1. The number of carbonyl (C=O) groups is 1. The number of amides is 1. The maximum Gasteiger partial charge on any atom is 0.299 e. The topological polar surface area (TPSA) is 47.2 Å². The van der Waals surface area contributed by atoms with Crippen LogP contribution in [0.2, 0.25) is 10.2 Å². The fourth-order valence-corrected chi connectivity index (χ4v) is 2.20. The number of pyridine rings is 1. The van der Waals surface area contributed by atoms with Crippen molar-refractivity contribution < 1.29 is 4.79 Å². The maximum atomic E-state index is 11.9. The minimum absolute atomic E-state index is 0.0626. The monoisotopic (exact) mass is 287 g/mol. The summed E-state index contributed by atoms with van der Waals surface area (Å²) < 4.78 is 1.74. The molecule has 0 bridgehead atoms. The summed E-state index contributed by atoms with van der Waals surface area (Å²) in [5.41, 5.74) is 0.0626. The molecule has 0 aliphatic rings. The largest absolute Gasteiger partial charge is 0.327 e. The molecule has 2 rings (SSSR count). The third-order valence-corrected chi connectivity index (χ3v) is 3.33. The Morgan fingerprint density at radius 3 is 2.88 bits per heavy atom. The molecule has 4 nitrogen and oxygen atoms in total. The number of rotatable bonds is 1. The number of hydrogen-bond acceptors (Lipinski definition) is 3. The van der Waals surface area contributed by atoms with E-state index in [4.69, 9.17) is 23.2 Å². The molecule has 0 spiro atoms. The van der Waals surface area contributed by atoms with E-state index in [2.05, 4.69) is 9.98 Å². The Morgan fingerprint density at radius 2 is 2.24 bits per heavy atom. The third-order valence-electron chi connectivity index (χ3n) is 1.97. The predicted octanol–water partition coefficient (Wildman–Crippen LogP) is 2.53. The normalized spacial score (nSPS) is 11.8. The molecule has 88 valence electrons.